The first-order chi connectivity index (χ1) is 13.1. The molecule has 1 atom stereocenters. The summed E-state index contributed by atoms with van der Waals surface area (Å²) in [7, 11) is 0. The number of hydrogen-bond acceptors (Lipinski definition) is 4. The fraction of sp³-hybridized carbons (Fsp3) is 0.364. The lowest BCUT2D eigenvalue weighted by Crippen LogP contribution is -2.30. The van der Waals surface area contributed by atoms with Crippen molar-refractivity contribution in [2.75, 3.05) is 18.4 Å². The minimum atomic E-state index is -0.635. The number of nitrogens with one attached hydrogen (secondary N) is 1. The number of nitriles is 1. The van der Waals surface area contributed by atoms with E-state index in [1.807, 2.05) is 18.2 Å². The van der Waals surface area contributed by atoms with Gasteiger partial charge in [-0.1, -0.05) is 18.6 Å². The second-order valence-electron chi connectivity index (χ2n) is 6.92. The Bertz CT molecular complexity index is 805. The molecule has 5 nitrogen and oxygen atoms in total. The quantitative estimate of drug-likeness (QED) is 0.844. The molecule has 27 heavy (non-hydrogen) atoms. The second-order valence-corrected chi connectivity index (χ2v) is 6.92. The zero-order valence-electron chi connectivity index (χ0n) is 15.6. The molecule has 1 aliphatic rings. The summed E-state index contributed by atoms with van der Waals surface area (Å²) >= 11 is 0. The molecular formula is C22H25N3O2. The summed E-state index contributed by atoms with van der Waals surface area (Å²) in [5, 5.41) is 11.8. The van der Waals surface area contributed by atoms with Gasteiger partial charge in [0.25, 0.3) is 5.91 Å². The van der Waals surface area contributed by atoms with Crippen LogP contribution in [0, 0.1) is 11.3 Å². The van der Waals surface area contributed by atoms with E-state index >= 15 is 0 Å². The molecule has 0 bridgehead atoms. The SMILES string of the molecule is CC(Oc1ccc(C#N)cc1)C(=O)Nc1cccc(CN2CCCCC2)c1. The molecule has 1 amide bonds. The van der Waals surface area contributed by atoms with Crippen LogP contribution in [-0.4, -0.2) is 30.0 Å². The van der Waals surface area contributed by atoms with Gasteiger partial charge in [-0.2, -0.15) is 5.26 Å². The molecule has 0 spiro atoms. The Labute approximate surface area is 160 Å². The lowest BCUT2D eigenvalue weighted by molar-refractivity contribution is -0.122. The molecule has 2 aromatic carbocycles. The Morgan fingerprint density at radius 1 is 1.19 bits per heavy atom. The Kier molecular flexibility index (Phi) is 6.45. The van der Waals surface area contributed by atoms with Crippen LogP contribution in [0.25, 0.3) is 0 Å². The monoisotopic (exact) mass is 363 g/mol. The van der Waals surface area contributed by atoms with Crippen molar-refractivity contribution in [1.82, 2.24) is 4.90 Å². The van der Waals surface area contributed by atoms with Gasteiger partial charge in [-0.05, 0) is 74.8 Å². The van der Waals surface area contributed by atoms with Crippen molar-refractivity contribution in [1.29, 1.82) is 5.26 Å². The van der Waals surface area contributed by atoms with E-state index in [-0.39, 0.29) is 5.91 Å². The van der Waals surface area contributed by atoms with E-state index in [1.54, 1.807) is 31.2 Å². The molecule has 3 rings (SSSR count). The van der Waals surface area contributed by atoms with Gasteiger partial charge in [0.05, 0.1) is 11.6 Å². The molecule has 0 saturated carbocycles. The molecule has 1 heterocycles. The highest BCUT2D eigenvalue weighted by Crippen LogP contribution is 2.18. The third-order valence-corrected chi connectivity index (χ3v) is 4.71. The van der Waals surface area contributed by atoms with E-state index in [9.17, 15) is 4.79 Å². The fourth-order valence-corrected chi connectivity index (χ4v) is 3.23. The molecule has 140 valence electrons. The summed E-state index contributed by atoms with van der Waals surface area (Å²) < 4.78 is 5.67. The minimum Gasteiger partial charge on any atom is -0.481 e. The summed E-state index contributed by atoms with van der Waals surface area (Å²) in [6.07, 6.45) is 3.22. The predicted octanol–water partition coefficient (Wildman–Crippen LogP) is 3.95. The van der Waals surface area contributed by atoms with Crippen molar-refractivity contribution < 1.29 is 9.53 Å². The molecule has 1 fully saturated rings. The molecule has 1 unspecified atom stereocenters. The van der Waals surface area contributed by atoms with Crippen LogP contribution in [0.2, 0.25) is 0 Å². The highest BCUT2D eigenvalue weighted by molar-refractivity contribution is 5.94. The Hall–Kier alpha value is -2.84. The maximum Gasteiger partial charge on any atom is 0.265 e. The van der Waals surface area contributed by atoms with Gasteiger partial charge < -0.3 is 10.1 Å². The van der Waals surface area contributed by atoms with Crippen molar-refractivity contribution >= 4 is 11.6 Å². The number of anilines is 1. The lowest BCUT2D eigenvalue weighted by Gasteiger charge is -2.26. The minimum absolute atomic E-state index is 0.200. The van der Waals surface area contributed by atoms with Crippen LogP contribution >= 0.6 is 0 Å². The van der Waals surface area contributed by atoms with Crippen LogP contribution in [0.15, 0.2) is 48.5 Å². The van der Waals surface area contributed by atoms with Crippen molar-refractivity contribution in [2.24, 2.45) is 0 Å². The molecule has 5 heteroatoms. The van der Waals surface area contributed by atoms with E-state index in [1.165, 1.54) is 24.8 Å². The summed E-state index contributed by atoms with van der Waals surface area (Å²) in [6.45, 7) is 4.92. The number of ether oxygens (including phenoxy) is 1. The molecular weight excluding hydrogens is 338 g/mol. The first-order valence-electron chi connectivity index (χ1n) is 9.43. The maximum atomic E-state index is 12.4. The Balaban J connectivity index is 1.56. The van der Waals surface area contributed by atoms with Crippen LogP contribution in [0.5, 0.6) is 5.75 Å². The number of hydrogen-bond donors (Lipinski definition) is 1. The topological polar surface area (TPSA) is 65.4 Å². The highest BCUT2D eigenvalue weighted by Gasteiger charge is 2.16. The van der Waals surface area contributed by atoms with Gasteiger partial charge in [0.15, 0.2) is 6.10 Å². The number of nitrogens with zero attached hydrogens (tertiary/aromatic N) is 2. The van der Waals surface area contributed by atoms with Crippen molar-refractivity contribution in [3.05, 3.63) is 59.7 Å². The van der Waals surface area contributed by atoms with Gasteiger partial charge >= 0.3 is 0 Å². The Morgan fingerprint density at radius 2 is 1.93 bits per heavy atom. The number of benzene rings is 2. The van der Waals surface area contributed by atoms with Crippen LogP contribution < -0.4 is 10.1 Å². The van der Waals surface area contributed by atoms with Crippen molar-refractivity contribution in [3.8, 4) is 11.8 Å². The van der Waals surface area contributed by atoms with E-state index in [4.69, 9.17) is 10.00 Å². The van der Waals surface area contributed by atoms with E-state index in [0.29, 0.717) is 11.3 Å². The molecule has 1 aliphatic heterocycles. The third kappa shape index (κ3) is 5.57. The average Bonchev–Trinajstić information content (AvgIpc) is 2.69. The predicted molar refractivity (Wildman–Crippen MR) is 105 cm³/mol. The fourth-order valence-electron chi connectivity index (χ4n) is 3.23. The summed E-state index contributed by atoms with van der Waals surface area (Å²) in [4.78, 5) is 14.9. The first-order valence-corrected chi connectivity index (χ1v) is 9.43. The third-order valence-electron chi connectivity index (χ3n) is 4.71. The molecule has 1 saturated heterocycles. The molecule has 0 aliphatic carbocycles. The summed E-state index contributed by atoms with van der Waals surface area (Å²) in [5.41, 5.74) is 2.55. The highest BCUT2D eigenvalue weighted by atomic mass is 16.5. The van der Waals surface area contributed by atoms with Crippen LogP contribution in [0.1, 0.15) is 37.3 Å². The standard InChI is InChI=1S/C22H25N3O2/c1-17(27-21-10-8-18(15-23)9-11-21)22(26)24-20-7-5-6-19(14-20)16-25-12-3-2-4-13-25/h5-11,14,17H,2-4,12-13,16H2,1H3,(H,24,26). The second kappa shape index (κ2) is 9.20. The summed E-state index contributed by atoms with van der Waals surface area (Å²) in [5.74, 6) is 0.366. The molecule has 1 N–H and O–H groups in total. The van der Waals surface area contributed by atoms with E-state index < -0.39 is 6.10 Å². The maximum absolute atomic E-state index is 12.4. The van der Waals surface area contributed by atoms with E-state index in [2.05, 4.69) is 22.4 Å². The van der Waals surface area contributed by atoms with Gasteiger partial charge in [-0.3, -0.25) is 9.69 Å². The number of carbonyl (C=O) groups is 1. The first kappa shape index (κ1) is 18.9. The van der Waals surface area contributed by atoms with Gasteiger partial charge in [-0.15, -0.1) is 0 Å². The van der Waals surface area contributed by atoms with Crippen molar-refractivity contribution in [3.63, 3.8) is 0 Å². The number of rotatable bonds is 6. The van der Waals surface area contributed by atoms with Crippen molar-refractivity contribution in [2.45, 2.75) is 38.8 Å². The van der Waals surface area contributed by atoms with Crippen LogP contribution in [0.4, 0.5) is 5.69 Å². The summed E-state index contributed by atoms with van der Waals surface area (Å²) in [6, 6.07) is 16.8. The normalized spacial score (nSPS) is 15.6. The van der Waals surface area contributed by atoms with Gasteiger partial charge in [0.1, 0.15) is 5.75 Å². The number of likely N-dealkylation sites (tertiary alicyclic amines) is 1. The number of carbonyl (C=O) groups excluding carboxylic acids is 1. The van der Waals surface area contributed by atoms with E-state index in [0.717, 1.165) is 25.3 Å². The number of amides is 1. The van der Waals surface area contributed by atoms with Crippen LogP contribution in [0.3, 0.4) is 0 Å². The molecule has 0 radical (unpaired) electrons. The zero-order chi connectivity index (χ0) is 19.1. The average molecular weight is 363 g/mol. The van der Waals surface area contributed by atoms with Crippen LogP contribution in [-0.2, 0) is 11.3 Å². The number of piperidine rings is 1. The Morgan fingerprint density at radius 3 is 2.63 bits per heavy atom. The largest absolute Gasteiger partial charge is 0.481 e. The zero-order valence-corrected chi connectivity index (χ0v) is 15.6. The molecule has 0 aromatic heterocycles. The van der Waals surface area contributed by atoms with Gasteiger partial charge in [0, 0.05) is 12.2 Å². The lowest BCUT2D eigenvalue weighted by atomic mass is 10.1. The molecule has 2 aromatic rings. The smallest absolute Gasteiger partial charge is 0.265 e. The van der Waals surface area contributed by atoms with Gasteiger partial charge in [-0.25, -0.2) is 0 Å². The van der Waals surface area contributed by atoms with Gasteiger partial charge in [0.2, 0.25) is 0 Å².